The van der Waals surface area contributed by atoms with Crippen molar-refractivity contribution in [3.05, 3.63) is 58.5 Å². The summed E-state index contributed by atoms with van der Waals surface area (Å²) in [5.74, 6) is -0.571. The molecule has 6 heteroatoms. The molecule has 0 spiro atoms. The summed E-state index contributed by atoms with van der Waals surface area (Å²) in [6, 6.07) is 13.4. The molecule has 4 rings (SSSR count). The molecular weight excluding hydrogens is 366 g/mol. The van der Waals surface area contributed by atoms with Gasteiger partial charge in [0.15, 0.2) is 0 Å². The molecule has 4 atom stereocenters. The number of pyridine rings is 1. The van der Waals surface area contributed by atoms with Crippen LogP contribution in [0.2, 0.25) is 0 Å². The Hall–Kier alpha value is -2.44. The van der Waals surface area contributed by atoms with Crippen LogP contribution in [0.3, 0.4) is 0 Å². The number of amides is 1. The van der Waals surface area contributed by atoms with Crippen molar-refractivity contribution < 1.29 is 9.90 Å². The van der Waals surface area contributed by atoms with Crippen molar-refractivity contribution in [2.75, 3.05) is 19.7 Å². The van der Waals surface area contributed by atoms with Crippen LogP contribution in [-0.2, 0) is 11.3 Å². The first-order chi connectivity index (χ1) is 14.1. The van der Waals surface area contributed by atoms with Crippen molar-refractivity contribution >= 4 is 5.91 Å². The lowest BCUT2D eigenvalue weighted by atomic mass is 9.86. The molecule has 0 unspecified atom stereocenters. The monoisotopic (exact) mass is 395 g/mol. The lowest BCUT2D eigenvalue weighted by molar-refractivity contribution is -0.127. The second kappa shape index (κ2) is 8.13. The van der Waals surface area contributed by atoms with Gasteiger partial charge in [-0.15, -0.1) is 0 Å². The summed E-state index contributed by atoms with van der Waals surface area (Å²) in [5.41, 5.74) is 2.43. The quantitative estimate of drug-likeness (QED) is 0.785. The van der Waals surface area contributed by atoms with Crippen LogP contribution < -0.4 is 10.9 Å². The van der Waals surface area contributed by atoms with Crippen molar-refractivity contribution in [1.82, 2.24) is 14.8 Å². The van der Waals surface area contributed by atoms with Gasteiger partial charge in [0.05, 0.1) is 12.0 Å². The summed E-state index contributed by atoms with van der Waals surface area (Å²) in [7, 11) is 0. The van der Waals surface area contributed by atoms with Crippen molar-refractivity contribution in [3.8, 4) is 11.1 Å². The minimum Gasteiger partial charge on any atom is -0.396 e. The first-order valence-corrected chi connectivity index (χ1v) is 10.6. The van der Waals surface area contributed by atoms with E-state index in [0.29, 0.717) is 18.7 Å². The van der Waals surface area contributed by atoms with E-state index in [1.165, 1.54) is 0 Å². The Morgan fingerprint density at radius 3 is 2.59 bits per heavy atom. The standard InChI is InChI=1S/C23H29N3O3/c1-3-12-25-19-13-26-18(21(25)20(17(19)14-27)22(28)24-4-2)11-10-16(23(26)29)15-8-6-5-7-9-15/h5-11,17,19-21,27H,3-4,12-14H2,1-2H3,(H,24,28)/t17-,19-,20+,21+/m1/s1. The Morgan fingerprint density at radius 1 is 1.17 bits per heavy atom. The molecule has 1 amide bonds. The number of fused-ring (bicyclic) bond motifs is 4. The van der Waals surface area contributed by atoms with Gasteiger partial charge >= 0.3 is 0 Å². The molecule has 0 aliphatic carbocycles. The van der Waals surface area contributed by atoms with Crippen LogP contribution in [0, 0.1) is 11.8 Å². The molecule has 3 heterocycles. The SMILES string of the molecule is CCCN1[C@@H]2Cn3c(ccc(-c4ccccc4)c3=O)[C@H]1[C@@H](C(=O)NCC)[C@@H]2CO. The average Bonchev–Trinajstić information content (AvgIpc) is 2.94. The number of nitrogens with zero attached hydrogens (tertiary/aromatic N) is 2. The molecule has 2 N–H and O–H groups in total. The minimum absolute atomic E-state index is 0.0196. The number of nitrogens with one attached hydrogen (secondary N) is 1. The lowest BCUT2D eigenvalue weighted by Crippen LogP contribution is -2.46. The zero-order valence-electron chi connectivity index (χ0n) is 17.0. The predicted octanol–water partition coefficient (Wildman–Crippen LogP) is 2.02. The van der Waals surface area contributed by atoms with E-state index in [9.17, 15) is 14.7 Å². The van der Waals surface area contributed by atoms with E-state index < -0.39 is 0 Å². The van der Waals surface area contributed by atoms with Crippen LogP contribution in [0.4, 0.5) is 0 Å². The first-order valence-electron chi connectivity index (χ1n) is 10.6. The Kier molecular flexibility index (Phi) is 5.56. The van der Waals surface area contributed by atoms with Gasteiger partial charge in [-0.05, 0) is 37.6 Å². The van der Waals surface area contributed by atoms with Crippen molar-refractivity contribution in [1.29, 1.82) is 0 Å². The van der Waals surface area contributed by atoms with Gasteiger partial charge in [-0.25, -0.2) is 0 Å². The highest BCUT2D eigenvalue weighted by molar-refractivity contribution is 5.80. The molecule has 154 valence electrons. The summed E-state index contributed by atoms with van der Waals surface area (Å²) < 4.78 is 1.84. The van der Waals surface area contributed by atoms with Gasteiger partial charge in [0.1, 0.15) is 0 Å². The second-order valence-corrected chi connectivity index (χ2v) is 7.97. The number of aliphatic hydroxyl groups is 1. The molecule has 1 fully saturated rings. The summed E-state index contributed by atoms with van der Waals surface area (Å²) >= 11 is 0. The molecule has 1 aromatic heterocycles. The predicted molar refractivity (Wildman–Crippen MR) is 112 cm³/mol. The van der Waals surface area contributed by atoms with Gasteiger partial charge in [-0.3, -0.25) is 14.5 Å². The molecule has 2 bridgehead atoms. The summed E-state index contributed by atoms with van der Waals surface area (Å²) in [6.07, 6.45) is 0.958. The van der Waals surface area contributed by atoms with Crippen LogP contribution in [0.25, 0.3) is 11.1 Å². The molecule has 1 aromatic carbocycles. The molecule has 1 saturated heterocycles. The zero-order valence-corrected chi connectivity index (χ0v) is 17.0. The maximum absolute atomic E-state index is 13.4. The number of rotatable bonds is 6. The van der Waals surface area contributed by atoms with Gasteiger partial charge in [0, 0.05) is 42.9 Å². The largest absolute Gasteiger partial charge is 0.396 e. The highest BCUT2D eigenvalue weighted by atomic mass is 16.3. The van der Waals surface area contributed by atoms with Crippen LogP contribution >= 0.6 is 0 Å². The minimum atomic E-state index is -0.354. The van der Waals surface area contributed by atoms with E-state index in [1.807, 2.05) is 54.0 Å². The highest BCUT2D eigenvalue weighted by Crippen LogP contribution is 2.48. The third-order valence-corrected chi connectivity index (χ3v) is 6.39. The molecule has 2 aromatic rings. The van der Waals surface area contributed by atoms with Crippen LogP contribution in [0.1, 0.15) is 32.0 Å². The molecule has 2 aliphatic rings. The number of aromatic nitrogens is 1. The zero-order chi connectivity index (χ0) is 20.5. The second-order valence-electron chi connectivity index (χ2n) is 7.97. The van der Waals surface area contributed by atoms with E-state index in [2.05, 4.69) is 17.1 Å². The number of carbonyl (C=O) groups is 1. The molecule has 29 heavy (non-hydrogen) atoms. The van der Waals surface area contributed by atoms with Gasteiger partial charge in [0.25, 0.3) is 5.56 Å². The summed E-state index contributed by atoms with van der Waals surface area (Å²) in [6.45, 7) is 5.87. The number of carbonyl (C=O) groups excluding carboxylic acids is 1. The highest BCUT2D eigenvalue weighted by Gasteiger charge is 2.55. The lowest BCUT2D eigenvalue weighted by Gasteiger charge is -2.38. The summed E-state index contributed by atoms with van der Waals surface area (Å²) in [4.78, 5) is 28.7. The third-order valence-electron chi connectivity index (χ3n) is 6.39. The van der Waals surface area contributed by atoms with Crippen LogP contribution in [0.5, 0.6) is 0 Å². The molecule has 2 aliphatic heterocycles. The fourth-order valence-electron chi connectivity index (χ4n) is 5.22. The normalized spacial score (nSPS) is 25.6. The maximum atomic E-state index is 13.4. The Bertz CT molecular complexity index is 940. The first kappa shape index (κ1) is 19.9. The topological polar surface area (TPSA) is 74.6 Å². The van der Waals surface area contributed by atoms with Gasteiger partial charge in [-0.1, -0.05) is 37.3 Å². The molecule has 6 nitrogen and oxygen atoms in total. The van der Waals surface area contributed by atoms with Gasteiger partial charge in [0.2, 0.25) is 5.91 Å². The number of hydrogen-bond acceptors (Lipinski definition) is 4. The fourth-order valence-corrected chi connectivity index (χ4v) is 5.22. The fraction of sp³-hybridized carbons (Fsp3) is 0.478. The number of hydrogen-bond donors (Lipinski definition) is 2. The van der Waals surface area contributed by atoms with E-state index in [4.69, 9.17) is 0 Å². The summed E-state index contributed by atoms with van der Waals surface area (Å²) in [5, 5.41) is 13.1. The number of benzene rings is 1. The van der Waals surface area contributed by atoms with Gasteiger partial charge < -0.3 is 15.0 Å². The van der Waals surface area contributed by atoms with E-state index >= 15 is 0 Å². The molecule has 0 radical (unpaired) electrons. The Balaban J connectivity index is 1.84. The van der Waals surface area contributed by atoms with E-state index in [0.717, 1.165) is 24.2 Å². The molecule has 0 saturated carbocycles. The smallest absolute Gasteiger partial charge is 0.258 e. The molecular formula is C23H29N3O3. The average molecular weight is 396 g/mol. The van der Waals surface area contributed by atoms with Crippen molar-refractivity contribution in [2.24, 2.45) is 11.8 Å². The van der Waals surface area contributed by atoms with E-state index in [-0.39, 0.29) is 42.0 Å². The van der Waals surface area contributed by atoms with Gasteiger partial charge in [-0.2, -0.15) is 0 Å². The van der Waals surface area contributed by atoms with Crippen molar-refractivity contribution in [3.63, 3.8) is 0 Å². The Labute approximate surface area is 171 Å². The third kappa shape index (κ3) is 3.20. The van der Waals surface area contributed by atoms with Crippen LogP contribution in [-0.4, -0.2) is 46.2 Å². The van der Waals surface area contributed by atoms with Crippen molar-refractivity contribution in [2.45, 2.75) is 38.9 Å². The Morgan fingerprint density at radius 2 is 1.93 bits per heavy atom. The number of aliphatic hydroxyl groups excluding tert-OH is 1. The van der Waals surface area contributed by atoms with Crippen LogP contribution in [0.15, 0.2) is 47.3 Å². The van der Waals surface area contributed by atoms with E-state index in [1.54, 1.807) is 0 Å². The maximum Gasteiger partial charge on any atom is 0.258 e.